The minimum absolute atomic E-state index is 0.157. The van der Waals surface area contributed by atoms with Gasteiger partial charge in [-0.25, -0.2) is 0 Å². The second kappa shape index (κ2) is 8.07. The summed E-state index contributed by atoms with van der Waals surface area (Å²) in [4.78, 5) is 50.5. The molecule has 3 amide bonds. The molecule has 6 atom stereocenters. The van der Waals surface area contributed by atoms with Gasteiger partial charge < -0.3 is 14.8 Å². The molecule has 1 aliphatic heterocycles. The molecule has 160 valence electrons. The molecule has 8 nitrogen and oxygen atoms in total. The van der Waals surface area contributed by atoms with E-state index in [-0.39, 0.29) is 22.6 Å². The van der Waals surface area contributed by atoms with Gasteiger partial charge in [0.05, 0.1) is 29.7 Å². The number of fused-ring (bicyclic) bond motifs is 5. The summed E-state index contributed by atoms with van der Waals surface area (Å²) in [5.41, 5.74) is 0.481. The van der Waals surface area contributed by atoms with Crippen LogP contribution in [0.15, 0.2) is 24.3 Å². The average molecular weight is 455 g/mol. The molecule has 10 heteroatoms. The van der Waals surface area contributed by atoms with Crippen molar-refractivity contribution in [3.8, 4) is 5.75 Å². The van der Waals surface area contributed by atoms with Crippen molar-refractivity contribution < 1.29 is 28.7 Å². The molecular weight excluding hydrogens is 435 g/mol. The van der Waals surface area contributed by atoms with Crippen LogP contribution in [0.2, 0.25) is 0 Å². The van der Waals surface area contributed by atoms with E-state index >= 15 is 0 Å². The molecule has 2 bridgehead atoms. The topological polar surface area (TPSA) is 102 Å². The summed E-state index contributed by atoms with van der Waals surface area (Å²) in [7, 11) is 1.50. The molecule has 1 heterocycles. The molecule has 1 aromatic rings. The molecule has 30 heavy (non-hydrogen) atoms. The number of amides is 3. The monoisotopic (exact) mass is 454 g/mol. The second-order valence-electron chi connectivity index (χ2n) is 7.71. The zero-order valence-corrected chi connectivity index (χ0v) is 17.6. The van der Waals surface area contributed by atoms with Gasteiger partial charge in [0.15, 0.2) is 6.61 Å². The van der Waals surface area contributed by atoms with Gasteiger partial charge in [-0.15, -0.1) is 23.2 Å². The highest BCUT2D eigenvalue weighted by molar-refractivity contribution is 6.31. The van der Waals surface area contributed by atoms with Gasteiger partial charge in [0, 0.05) is 11.8 Å². The Morgan fingerprint density at radius 2 is 1.77 bits per heavy atom. The summed E-state index contributed by atoms with van der Waals surface area (Å²) >= 11 is 12.6. The first-order chi connectivity index (χ1) is 14.3. The highest BCUT2D eigenvalue weighted by atomic mass is 35.5. The maximum Gasteiger partial charge on any atom is 0.326 e. The van der Waals surface area contributed by atoms with E-state index in [1.165, 1.54) is 7.11 Å². The molecule has 4 rings (SSSR count). The predicted octanol–water partition coefficient (Wildman–Crippen LogP) is 1.64. The van der Waals surface area contributed by atoms with Gasteiger partial charge >= 0.3 is 5.97 Å². The van der Waals surface area contributed by atoms with E-state index in [1.807, 2.05) is 0 Å². The van der Waals surface area contributed by atoms with Gasteiger partial charge in [0.2, 0.25) is 11.8 Å². The Bertz CT molecular complexity index is 877. The third-order valence-electron chi connectivity index (χ3n) is 6.08. The lowest BCUT2D eigenvalue weighted by atomic mass is 9.80. The standard InChI is InChI=1S/C20H20Cl2N2O6/c1-29-10-4-2-3-9(5-10)23-13(25)8-30-14(26)7-24-19(27)15-11-6-12(16(15)20(24)28)18(22)17(11)21/h2-5,11-12,15-18H,6-8H2,1H3,(H,23,25)/t11-,12-,15-,16+,17+,18+/m1/s1. The van der Waals surface area contributed by atoms with Crippen molar-refractivity contribution in [2.75, 3.05) is 25.6 Å². The number of anilines is 1. The number of esters is 1. The fourth-order valence-electron chi connectivity index (χ4n) is 4.79. The van der Waals surface area contributed by atoms with E-state index < -0.39 is 48.7 Å². The highest BCUT2D eigenvalue weighted by Crippen LogP contribution is 2.59. The highest BCUT2D eigenvalue weighted by Gasteiger charge is 2.66. The predicted molar refractivity (Wildman–Crippen MR) is 107 cm³/mol. The summed E-state index contributed by atoms with van der Waals surface area (Å²) in [6.45, 7) is -1.08. The first-order valence-corrected chi connectivity index (χ1v) is 10.4. The van der Waals surface area contributed by atoms with E-state index in [1.54, 1.807) is 24.3 Å². The van der Waals surface area contributed by atoms with Crippen LogP contribution >= 0.6 is 23.2 Å². The molecule has 0 aromatic heterocycles. The van der Waals surface area contributed by atoms with Gasteiger partial charge in [-0.05, 0) is 30.4 Å². The number of benzene rings is 1. The first kappa shape index (κ1) is 20.9. The molecule has 0 unspecified atom stereocenters. The summed E-state index contributed by atoms with van der Waals surface area (Å²) in [6, 6.07) is 6.69. The third-order valence-corrected chi connectivity index (χ3v) is 7.40. The van der Waals surface area contributed by atoms with Crippen LogP contribution in [-0.4, -0.2) is 59.6 Å². The average Bonchev–Trinajstić information content (AvgIpc) is 3.33. The molecule has 1 N–H and O–H groups in total. The van der Waals surface area contributed by atoms with Crippen molar-refractivity contribution in [1.82, 2.24) is 4.90 Å². The fraction of sp³-hybridized carbons (Fsp3) is 0.500. The Morgan fingerprint density at radius 3 is 2.37 bits per heavy atom. The number of carbonyl (C=O) groups is 4. The number of nitrogens with one attached hydrogen (secondary N) is 1. The number of imide groups is 1. The van der Waals surface area contributed by atoms with Crippen molar-refractivity contribution in [2.24, 2.45) is 23.7 Å². The molecule has 1 saturated heterocycles. The van der Waals surface area contributed by atoms with E-state index in [4.69, 9.17) is 32.7 Å². The number of halogens is 2. The minimum atomic E-state index is -0.838. The van der Waals surface area contributed by atoms with Crippen molar-refractivity contribution in [3.05, 3.63) is 24.3 Å². The summed E-state index contributed by atoms with van der Waals surface area (Å²) < 4.78 is 10.0. The summed E-state index contributed by atoms with van der Waals surface area (Å²) in [5.74, 6) is -3.02. The molecule has 3 aliphatic rings. The van der Waals surface area contributed by atoms with E-state index in [9.17, 15) is 19.2 Å². The summed E-state index contributed by atoms with van der Waals surface area (Å²) in [5, 5.41) is 1.85. The van der Waals surface area contributed by atoms with Crippen molar-refractivity contribution >= 4 is 52.6 Å². The van der Waals surface area contributed by atoms with Gasteiger partial charge in [-0.2, -0.15) is 0 Å². The SMILES string of the molecule is COc1cccc(NC(=O)COC(=O)CN2C(=O)[C@@H]3[C@H]4C[C@@H]([C@H](Cl)[C@H]4Cl)[C@@H]3C2=O)c1. The minimum Gasteiger partial charge on any atom is -0.497 e. The van der Waals surface area contributed by atoms with Gasteiger partial charge in [0.1, 0.15) is 12.3 Å². The Labute approximate surface area is 182 Å². The van der Waals surface area contributed by atoms with Crippen molar-refractivity contribution in [3.63, 3.8) is 0 Å². The lowest BCUT2D eigenvalue weighted by molar-refractivity contribution is -0.154. The quantitative estimate of drug-likeness (QED) is 0.398. The lowest BCUT2D eigenvalue weighted by Gasteiger charge is -2.28. The number of alkyl halides is 2. The number of ether oxygens (including phenoxy) is 2. The number of carbonyl (C=O) groups excluding carboxylic acids is 4. The zero-order valence-electron chi connectivity index (χ0n) is 16.0. The summed E-state index contributed by atoms with van der Waals surface area (Å²) in [6.07, 6.45) is 0.651. The van der Waals surface area contributed by atoms with Crippen LogP contribution in [-0.2, 0) is 23.9 Å². The van der Waals surface area contributed by atoms with Crippen LogP contribution in [0.25, 0.3) is 0 Å². The van der Waals surface area contributed by atoms with E-state index in [0.717, 1.165) is 4.90 Å². The molecule has 1 aromatic carbocycles. The normalized spacial score (nSPS) is 31.6. The van der Waals surface area contributed by atoms with E-state index in [2.05, 4.69) is 5.32 Å². The van der Waals surface area contributed by atoms with Crippen molar-refractivity contribution in [1.29, 1.82) is 0 Å². The Balaban J connectivity index is 1.31. The Kier molecular flexibility index (Phi) is 5.63. The number of nitrogens with zero attached hydrogens (tertiary/aromatic N) is 1. The molecule has 2 aliphatic carbocycles. The zero-order chi connectivity index (χ0) is 21.6. The van der Waals surface area contributed by atoms with Crippen LogP contribution in [0.1, 0.15) is 6.42 Å². The maximum absolute atomic E-state index is 12.7. The number of likely N-dealkylation sites (tertiary alicyclic amines) is 1. The van der Waals surface area contributed by atoms with Crippen LogP contribution in [0.3, 0.4) is 0 Å². The number of rotatable bonds is 6. The Hall–Kier alpha value is -2.32. The molecular formula is C20H20Cl2N2O6. The lowest BCUT2D eigenvalue weighted by Crippen LogP contribution is -2.38. The second-order valence-corrected chi connectivity index (χ2v) is 8.72. The fourth-order valence-corrected chi connectivity index (χ4v) is 5.68. The number of hydrogen-bond acceptors (Lipinski definition) is 6. The number of methoxy groups -OCH3 is 1. The van der Waals surface area contributed by atoms with Gasteiger partial charge in [-0.3, -0.25) is 24.1 Å². The third kappa shape index (κ3) is 3.52. The maximum atomic E-state index is 12.7. The largest absolute Gasteiger partial charge is 0.497 e. The van der Waals surface area contributed by atoms with Gasteiger partial charge in [0.25, 0.3) is 5.91 Å². The molecule has 3 fully saturated rings. The first-order valence-electron chi connectivity index (χ1n) is 9.54. The van der Waals surface area contributed by atoms with Crippen LogP contribution in [0, 0.1) is 23.7 Å². The smallest absolute Gasteiger partial charge is 0.326 e. The Morgan fingerprint density at radius 1 is 1.13 bits per heavy atom. The van der Waals surface area contributed by atoms with Crippen LogP contribution in [0.5, 0.6) is 5.75 Å². The molecule has 0 radical (unpaired) electrons. The molecule has 0 spiro atoms. The van der Waals surface area contributed by atoms with Crippen LogP contribution < -0.4 is 10.1 Å². The van der Waals surface area contributed by atoms with Crippen LogP contribution in [0.4, 0.5) is 5.69 Å². The van der Waals surface area contributed by atoms with Crippen molar-refractivity contribution in [2.45, 2.75) is 17.2 Å². The molecule has 2 saturated carbocycles. The van der Waals surface area contributed by atoms with Gasteiger partial charge in [-0.1, -0.05) is 6.07 Å². The number of hydrogen-bond donors (Lipinski definition) is 1. The van der Waals surface area contributed by atoms with E-state index in [0.29, 0.717) is 17.9 Å².